The Bertz CT molecular complexity index is 298. The van der Waals surface area contributed by atoms with Gasteiger partial charge in [0.05, 0.1) is 0 Å². The molecule has 0 nitrogen and oxygen atoms in total. The number of hydrogen-bond acceptors (Lipinski definition) is 0. The molecule has 1 rings (SSSR count). The average molecular weight is 205 g/mol. The van der Waals surface area contributed by atoms with Gasteiger partial charge < -0.3 is 0 Å². The third kappa shape index (κ3) is 1.18. The van der Waals surface area contributed by atoms with Gasteiger partial charge in [0.2, 0.25) is 5.57 Å². The molecule has 0 saturated carbocycles. The molecular weight excluding hydrogens is 205 g/mol. The monoisotopic (exact) mass is 205 g/mol. The van der Waals surface area contributed by atoms with E-state index in [0.29, 0.717) is 0 Å². The van der Waals surface area contributed by atoms with E-state index < -0.39 is 35.4 Å². The Morgan fingerprint density at radius 1 is 1.15 bits per heavy atom. The molecule has 1 aliphatic carbocycles. The van der Waals surface area contributed by atoms with Crippen molar-refractivity contribution < 1.29 is 30.7 Å². The van der Waals surface area contributed by atoms with Crippen molar-refractivity contribution in [2.75, 3.05) is 0 Å². The number of allylic oxidation sites excluding steroid dienone is 4. The van der Waals surface area contributed by atoms with E-state index in [9.17, 15) is 30.7 Å². The summed E-state index contributed by atoms with van der Waals surface area (Å²) in [6, 6.07) is 0. The second-order valence-corrected chi connectivity index (χ2v) is 2.15. The fraction of sp³-hybridized carbons (Fsp3) is 0.167. The lowest BCUT2D eigenvalue weighted by atomic mass is 9.93. The van der Waals surface area contributed by atoms with E-state index in [1.807, 2.05) is 0 Å². The van der Waals surface area contributed by atoms with Crippen LogP contribution in [-0.2, 0) is 0 Å². The minimum atomic E-state index is -4.59. The quantitative estimate of drug-likeness (QED) is 0.454. The molecule has 0 aliphatic heterocycles. The molecule has 0 bridgehead atoms. The largest absolute Gasteiger partial charge is 0.457 e. The topological polar surface area (TPSA) is 0 Å². The van der Waals surface area contributed by atoms with Crippen LogP contribution in [0.5, 0.6) is 0 Å². The van der Waals surface area contributed by atoms with Gasteiger partial charge in [-0.15, -0.1) is 0 Å². The van der Waals surface area contributed by atoms with E-state index in [0.717, 1.165) is 0 Å². The summed E-state index contributed by atoms with van der Waals surface area (Å²) in [4.78, 5) is 0. The van der Waals surface area contributed by atoms with Crippen molar-refractivity contribution in [1.29, 1.82) is 0 Å². The highest BCUT2D eigenvalue weighted by Gasteiger charge is 2.65. The van der Waals surface area contributed by atoms with Crippen LogP contribution in [0, 0.1) is 6.43 Å². The van der Waals surface area contributed by atoms with E-state index in [2.05, 4.69) is 0 Å². The first-order chi connectivity index (χ1) is 5.80. The zero-order valence-corrected chi connectivity index (χ0v) is 5.65. The molecule has 0 radical (unpaired) electrons. The minimum absolute atomic E-state index is 2.23. The van der Waals surface area contributed by atoms with Crippen molar-refractivity contribution in [2.45, 2.75) is 5.92 Å². The van der Waals surface area contributed by atoms with Crippen LogP contribution in [0.1, 0.15) is 0 Å². The molecule has 13 heavy (non-hydrogen) atoms. The van der Waals surface area contributed by atoms with E-state index in [4.69, 9.17) is 0 Å². The number of rotatable bonds is 1. The summed E-state index contributed by atoms with van der Waals surface area (Å²) < 4.78 is 83.0. The van der Waals surface area contributed by atoms with Crippen molar-refractivity contribution in [3.05, 3.63) is 29.5 Å². The van der Waals surface area contributed by atoms with Crippen LogP contribution in [0.25, 0.3) is 0 Å². The second kappa shape index (κ2) is 2.68. The van der Waals surface area contributed by atoms with E-state index in [-0.39, 0.29) is 0 Å². The molecule has 0 aromatic heterocycles. The summed E-state index contributed by atoms with van der Waals surface area (Å²) in [5, 5.41) is 0. The van der Waals surface area contributed by atoms with Crippen molar-refractivity contribution in [1.82, 2.24) is 0 Å². The molecule has 0 aromatic rings. The molecule has 0 fully saturated rings. The molecular formula is C6F7+. The normalized spacial score (nSPS) is 24.2. The maximum atomic E-state index is 12.1. The lowest BCUT2D eigenvalue weighted by molar-refractivity contribution is 0.0238. The van der Waals surface area contributed by atoms with E-state index >= 15 is 0 Å². The Morgan fingerprint density at radius 2 is 1.62 bits per heavy atom. The molecule has 0 heterocycles. The summed E-state index contributed by atoms with van der Waals surface area (Å²) >= 11 is 0. The maximum Gasteiger partial charge on any atom is 0.457 e. The summed E-state index contributed by atoms with van der Waals surface area (Å²) in [7, 11) is 0. The number of hydrogen-bond donors (Lipinski definition) is 0. The molecule has 7 heteroatoms. The molecule has 0 N–H and O–H groups in total. The van der Waals surface area contributed by atoms with Gasteiger partial charge in [-0.05, 0) is 8.78 Å². The summed E-state index contributed by atoms with van der Waals surface area (Å²) in [6.45, 7) is 0. The van der Waals surface area contributed by atoms with Crippen LogP contribution in [-0.4, -0.2) is 5.92 Å². The van der Waals surface area contributed by atoms with Crippen molar-refractivity contribution in [3.8, 4) is 0 Å². The maximum absolute atomic E-state index is 12.1. The molecule has 0 aromatic carbocycles. The van der Waals surface area contributed by atoms with Gasteiger partial charge in [-0.2, -0.15) is 22.0 Å². The fourth-order valence-electron chi connectivity index (χ4n) is 0.761. The second-order valence-electron chi connectivity index (χ2n) is 2.15. The van der Waals surface area contributed by atoms with Gasteiger partial charge >= 0.3 is 18.2 Å². The van der Waals surface area contributed by atoms with Crippen LogP contribution < -0.4 is 0 Å². The molecule has 0 saturated heterocycles. The fourth-order valence-corrected chi connectivity index (χ4v) is 0.761. The highest BCUT2D eigenvalue weighted by molar-refractivity contribution is 5.53. The molecule has 0 atom stereocenters. The Morgan fingerprint density at radius 3 is 1.92 bits per heavy atom. The summed E-state index contributed by atoms with van der Waals surface area (Å²) in [6.07, 6.45) is -3.11. The van der Waals surface area contributed by atoms with Crippen LogP contribution in [0.2, 0.25) is 0 Å². The first-order valence-electron chi connectivity index (χ1n) is 2.82. The standard InChI is InChI=1S/C6F7/c7-2-1(3(8)5(10)11)6(12,13)4(2)9/q+1/b3-1-. The third-order valence-electron chi connectivity index (χ3n) is 1.39. The SMILES string of the molecule is FC1=C(F)C(F)(F)/C1=C(\F)[C+](F)F. The van der Waals surface area contributed by atoms with Gasteiger partial charge in [0.15, 0.2) is 0 Å². The highest BCUT2D eigenvalue weighted by atomic mass is 19.3. The minimum Gasteiger partial charge on any atom is -0.197 e. The Balaban J connectivity index is 3.20. The molecule has 72 valence electrons. The summed E-state index contributed by atoms with van der Waals surface area (Å²) in [5.41, 5.74) is -2.23. The third-order valence-corrected chi connectivity index (χ3v) is 1.39. The molecule has 0 spiro atoms. The first-order valence-corrected chi connectivity index (χ1v) is 2.82. The summed E-state index contributed by atoms with van der Waals surface area (Å²) in [5.74, 6) is -12.1. The average Bonchev–Trinajstić information content (AvgIpc) is 2.03. The lowest BCUT2D eigenvalue weighted by Crippen LogP contribution is -2.32. The lowest BCUT2D eigenvalue weighted by Gasteiger charge is -2.18. The Labute approximate surface area is 67.3 Å². The van der Waals surface area contributed by atoms with Gasteiger partial charge in [-0.1, -0.05) is 0 Å². The van der Waals surface area contributed by atoms with Gasteiger partial charge in [-0.25, -0.2) is 0 Å². The van der Waals surface area contributed by atoms with Crippen molar-refractivity contribution in [3.63, 3.8) is 0 Å². The Kier molecular flexibility index (Phi) is 2.05. The van der Waals surface area contributed by atoms with Gasteiger partial charge in [-0.3, -0.25) is 0 Å². The zero-order valence-electron chi connectivity index (χ0n) is 5.65. The van der Waals surface area contributed by atoms with E-state index in [1.54, 1.807) is 0 Å². The zero-order chi connectivity index (χ0) is 10.4. The molecule has 0 unspecified atom stereocenters. The first kappa shape index (κ1) is 9.94. The van der Waals surface area contributed by atoms with Crippen molar-refractivity contribution >= 4 is 0 Å². The Hall–Kier alpha value is -1.14. The number of halogens is 7. The van der Waals surface area contributed by atoms with Crippen LogP contribution >= 0.6 is 0 Å². The van der Waals surface area contributed by atoms with Crippen LogP contribution in [0.4, 0.5) is 30.7 Å². The van der Waals surface area contributed by atoms with Gasteiger partial charge in [0.25, 0.3) is 11.7 Å². The van der Waals surface area contributed by atoms with Gasteiger partial charge in [0, 0.05) is 0 Å². The predicted octanol–water partition coefficient (Wildman–Crippen LogP) is 3.44. The van der Waals surface area contributed by atoms with E-state index in [1.165, 1.54) is 0 Å². The van der Waals surface area contributed by atoms with Crippen LogP contribution in [0.15, 0.2) is 23.1 Å². The van der Waals surface area contributed by atoms with Crippen molar-refractivity contribution in [2.24, 2.45) is 0 Å². The molecule has 0 amide bonds. The smallest absolute Gasteiger partial charge is 0.197 e. The van der Waals surface area contributed by atoms with Crippen LogP contribution in [0.3, 0.4) is 0 Å². The predicted molar refractivity (Wildman–Crippen MR) is 27.8 cm³/mol. The van der Waals surface area contributed by atoms with Gasteiger partial charge in [0.1, 0.15) is 0 Å². The molecule has 1 aliphatic rings. The highest BCUT2D eigenvalue weighted by Crippen LogP contribution is 2.52. The number of alkyl halides is 2.